The monoisotopic (exact) mass is 260 g/mol. The van der Waals surface area contributed by atoms with E-state index < -0.39 is 0 Å². The highest BCUT2D eigenvalue weighted by molar-refractivity contribution is 5.19. The van der Waals surface area contributed by atoms with Crippen LogP contribution in [0, 0.1) is 16.7 Å². The standard InChI is InChI=1S/C16H24N2O/c1-16(2,13-17)10-11-18(3)15(9-12-19)14-7-5-4-6-8-14/h4-8,15,19H,9-12H2,1-3H3. The van der Waals surface area contributed by atoms with Crippen LogP contribution >= 0.6 is 0 Å². The summed E-state index contributed by atoms with van der Waals surface area (Å²) in [5, 5.41) is 18.3. The van der Waals surface area contributed by atoms with Crippen molar-refractivity contribution in [2.75, 3.05) is 20.2 Å². The molecule has 1 aromatic carbocycles. The lowest BCUT2D eigenvalue weighted by Crippen LogP contribution is -2.29. The Morgan fingerprint density at radius 2 is 1.95 bits per heavy atom. The molecule has 0 aliphatic heterocycles. The smallest absolute Gasteiger partial charge is 0.0684 e. The Balaban J connectivity index is 2.69. The fourth-order valence-electron chi connectivity index (χ4n) is 2.11. The molecule has 0 saturated carbocycles. The van der Waals surface area contributed by atoms with Crippen molar-refractivity contribution in [1.82, 2.24) is 4.90 Å². The van der Waals surface area contributed by atoms with Gasteiger partial charge in [-0.05, 0) is 45.8 Å². The Hall–Kier alpha value is -1.37. The molecular formula is C16H24N2O. The summed E-state index contributed by atoms with van der Waals surface area (Å²) in [6.45, 7) is 4.94. The molecular weight excluding hydrogens is 236 g/mol. The highest BCUT2D eigenvalue weighted by Gasteiger charge is 2.21. The molecule has 1 N–H and O–H groups in total. The summed E-state index contributed by atoms with van der Waals surface area (Å²) >= 11 is 0. The third-order valence-electron chi connectivity index (χ3n) is 3.51. The van der Waals surface area contributed by atoms with E-state index in [-0.39, 0.29) is 18.1 Å². The molecule has 3 nitrogen and oxygen atoms in total. The molecule has 1 aromatic rings. The van der Waals surface area contributed by atoms with Gasteiger partial charge in [0.05, 0.1) is 11.5 Å². The Bertz CT molecular complexity index is 409. The molecule has 1 rings (SSSR count). The van der Waals surface area contributed by atoms with Crippen molar-refractivity contribution in [2.24, 2.45) is 5.41 Å². The second-order valence-corrected chi connectivity index (χ2v) is 5.67. The summed E-state index contributed by atoms with van der Waals surface area (Å²) < 4.78 is 0. The van der Waals surface area contributed by atoms with E-state index in [1.807, 2.05) is 32.0 Å². The Kier molecular flexibility index (Phi) is 6.01. The molecule has 1 atom stereocenters. The largest absolute Gasteiger partial charge is 0.396 e. The van der Waals surface area contributed by atoms with Crippen LogP contribution in [0.3, 0.4) is 0 Å². The molecule has 0 aliphatic rings. The Labute approximate surface area is 116 Å². The number of aliphatic hydroxyl groups is 1. The van der Waals surface area contributed by atoms with E-state index in [4.69, 9.17) is 5.26 Å². The normalized spacial score (nSPS) is 13.3. The van der Waals surface area contributed by atoms with Gasteiger partial charge in [0.25, 0.3) is 0 Å². The van der Waals surface area contributed by atoms with E-state index in [0.29, 0.717) is 6.42 Å². The third kappa shape index (κ3) is 5.02. The number of benzene rings is 1. The van der Waals surface area contributed by atoms with Crippen LogP contribution < -0.4 is 0 Å². The summed E-state index contributed by atoms with van der Waals surface area (Å²) in [5.41, 5.74) is 0.920. The van der Waals surface area contributed by atoms with Crippen molar-refractivity contribution in [3.8, 4) is 6.07 Å². The molecule has 0 heterocycles. The van der Waals surface area contributed by atoms with E-state index in [0.717, 1.165) is 13.0 Å². The van der Waals surface area contributed by atoms with Crippen molar-refractivity contribution in [2.45, 2.75) is 32.7 Å². The van der Waals surface area contributed by atoms with E-state index in [9.17, 15) is 5.11 Å². The first-order valence-corrected chi connectivity index (χ1v) is 6.77. The van der Waals surface area contributed by atoms with Gasteiger partial charge < -0.3 is 5.11 Å². The summed E-state index contributed by atoms with van der Waals surface area (Å²) in [4.78, 5) is 2.23. The van der Waals surface area contributed by atoms with Crippen molar-refractivity contribution < 1.29 is 5.11 Å². The zero-order valence-corrected chi connectivity index (χ0v) is 12.1. The minimum absolute atomic E-state index is 0.172. The van der Waals surface area contributed by atoms with Gasteiger partial charge in [-0.1, -0.05) is 30.3 Å². The fourth-order valence-corrected chi connectivity index (χ4v) is 2.11. The quantitative estimate of drug-likeness (QED) is 0.820. The zero-order valence-electron chi connectivity index (χ0n) is 12.1. The van der Waals surface area contributed by atoms with Crippen LogP contribution in [0.25, 0.3) is 0 Å². The number of hydrogen-bond acceptors (Lipinski definition) is 3. The Morgan fingerprint density at radius 1 is 1.32 bits per heavy atom. The summed E-state index contributed by atoms with van der Waals surface area (Å²) in [6.07, 6.45) is 1.54. The SMILES string of the molecule is CN(CCC(C)(C)C#N)C(CCO)c1ccccc1. The van der Waals surface area contributed by atoms with E-state index in [1.54, 1.807) is 0 Å². The maximum Gasteiger partial charge on any atom is 0.0684 e. The van der Waals surface area contributed by atoms with Crippen LogP contribution in [0.15, 0.2) is 30.3 Å². The molecule has 1 unspecified atom stereocenters. The van der Waals surface area contributed by atoms with Crippen molar-refractivity contribution in [1.29, 1.82) is 5.26 Å². The molecule has 0 aromatic heterocycles. The maximum absolute atomic E-state index is 9.24. The average molecular weight is 260 g/mol. The van der Waals surface area contributed by atoms with Gasteiger partial charge in [-0.2, -0.15) is 5.26 Å². The number of rotatable bonds is 7. The number of aliphatic hydroxyl groups excluding tert-OH is 1. The molecule has 0 bridgehead atoms. The highest BCUT2D eigenvalue weighted by Crippen LogP contribution is 2.25. The minimum Gasteiger partial charge on any atom is -0.396 e. The van der Waals surface area contributed by atoms with E-state index >= 15 is 0 Å². The van der Waals surface area contributed by atoms with Crippen molar-refractivity contribution in [3.63, 3.8) is 0 Å². The lowest BCUT2D eigenvalue weighted by molar-refractivity contribution is 0.173. The van der Waals surface area contributed by atoms with Crippen LogP contribution in [0.1, 0.15) is 38.3 Å². The van der Waals surface area contributed by atoms with Crippen molar-refractivity contribution >= 4 is 0 Å². The first-order valence-electron chi connectivity index (χ1n) is 6.77. The van der Waals surface area contributed by atoms with Gasteiger partial charge in [-0.3, -0.25) is 4.90 Å². The maximum atomic E-state index is 9.24. The number of nitriles is 1. The minimum atomic E-state index is -0.297. The van der Waals surface area contributed by atoms with E-state index in [2.05, 4.69) is 30.1 Å². The third-order valence-corrected chi connectivity index (χ3v) is 3.51. The molecule has 0 saturated heterocycles. The van der Waals surface area contributed by atoms with Crippen LogP contribution in [-0.2, 0) is 0 Å². The molecule has 0 fully saturated rings. The molecule has 3 heteroatoms. The average Bonchev–Trinajstić information content (AvgIpc) is 2.43. The predicted octanol–water partition coefficient (Wildman–Crippen LogP) is 2.98. The molecule has 19 heavy (non-hydrogen) atoms. The number of hydrogen-bond donors (Lipinski definition) is 1. The first kappa shape index (κ1) is 15.7. The lowest BCUT2D eigenvalue weighted by atomic mass is 9.90. The van der Waals surface area contributed by atoms with Gasteiger partial charge in [0.15, 0.2) is 0 Å². The van der Waals surface area contributed by atoms with Crippen molar-refractivity contribution in [3.05, 3.63) is 35.9 Å². The molecule has 0 radical (unpaired) electrons. The van der Waals surface area contributed by atoms with Gasteiger partial charge in [-0.25, -0.2) is 0 Å². The summed E-state index contributed by atoms with van der Waals surface area (Å²) in [5.74, 6) is 0. The zero-order chi connectivity index (χ0) is 14.3. The number of nitrogens with zero attached hydrogens (tertiary/aromatic N) is 2. The molecule has 0 aliphatic carbocycles. The predicted molar refractivity (Wildman–Crippen MR) is 77.5 cm³/mol. The molecule has 0 spiro atoms. The molecule has 104 valence electrons. The second-order valence-electron chi connectivity index (χ2n) is 5.67. The van der Waals surface area contributed by atoms with E-state index in [1.165, 1.54) is 5.56 Å². The van der Waals surface area contributed by atoms with Crippen LogP contribution in [0.4, 0.5) is 0 Å². The van der Waals surface area contributed by atoms with Gasteiger partial charge in [-0.15, -0.1) is 0 Å². The van der Waals surface area contributed by atoms with Gasteiger partial charge >= 0.3 is 0 Å². The lowest BCUT2D eigenvalue weighted by Gasteiger charge is -2.30. The fraction of sp³-hybridized carbons (Fsp3) is 0.562. The van der Waals surface area contributed by atoms with Crippen LogP contribution in [0.2, 0.25) is 0 Å². The summed E-state index contributed by atoms with van der Waals surface area (Å²) in [6, 6.07) is 12.8. The second kappa shape index (κ2) is 7.28. The summed E-state index contributed by atoms with van der Waals surface area (Å²) in [7, 11) is 2.06. The van der Waals surface area contributed by atoms with Gasteiger partial charge in [0.1, 0.15) is 0 Å². The topological polar surface area (TPSA) is 47.3 Å². The molecule has 0 amide bonds. The van der Waals surface area contributed by atoms with Crippen LogP contribution in [-0.4, -0.2) is 30.2 Å². The Morgan fingerprint density at radius 3 is 2.47 bits per heavy atom. The highest BCUT2D eigenvalue weighted by atomic mass is 16.3. The van der Waals surface area contributed by atoms with Crippen LogP contribution in [0.5, 0.6) is 0 Å². The van der Waals surface area contributed by atoms with Gasteiger partial charge in [0, 0.05) is 12.6 Å². The first-order chi connectivity index (χ1) is 9.00. The van der Waals surface area contributed by atoms with Gasteiger partial charge in [0.2, 0.25) is 0 Å².